The Labute approximate surface area is 159 Å². The van der Waals surface area contributed by atoms with Gasteiger partial charge in [-0.25, -0.2) is 4.39 Å². The van der Waals surface area contributed by atoms with Gasteiger partial charge in [-0.3, -0.25) is 5.10 Å². The third-order valence-electron chi connectivity index (χ3n) is 5.36. The molecule has 3 nitrogen and oxygen atoms in total. The topological polar surface area (TPSA) is 37.9 Å². The van der Waals surface area contributed by atoms with E-state index in [1.165, 1.54) is 25.5 Å². The van der Waals surface area contributed by atoms with Crippen LogP contribution in [0.5, 0.6) is 5.75 Å². The largest absolute Gasteiger partial charge is 0.490 e. The summed E-state index contributed by atoms with van der Waals surface area (Å²) in [6.07, 6.45) is 10.7. The van der Waals surface area contributed by atoms with Gasteiger partial charge in [0.2, 0.25) is 0 Å². The van der Waals surface area contributed by atoms with Gasteiger partial charge < -0.3 is 4.74 Å². The third-order valence-corrected chi connectivity index (χ3v) is 5.36. The lowest BCUT2D eigenvalue weighted by atomic mass is 9.97. The summed E-state index contributed by atoms with van der Waals surface area (Å²) < 4.78 is 21.0. The van der Waals surface area contributed by atoms with Gasteiger partial charge in [0, 0.05) is 5.56 Å². The summed E-state index contributed by atoms with van der Waals surface area (Å²) in [6, 6.07) is 11.9. The molecule has 1 aliphatic rings. The van der Waals surface area contributed by atoms with Gasteiger partial charge in [-0.05, 0) is 73.6 Å². The quantitative estimate of drug-likeness (QED) is 0.535. The molecule has 1 saturated carbocycles. The van der Waals surface area contributed by atoms with Crippen molar-refractivity contribution < 1.29 is 9.13 Å². The minimum atomic E-state index is -0.234. The first-order valence-electron chi connectivity index (χ1n) is 9.84. The van der Waals surface area contributed by atoms with Crippen molar-refractivity contribution >= 4 is 22.6 Å². The van der Waals surface area contributed by atoms with E-state index in [0.717, 1.165) is 36.1 Å². The van der Waals surface area contributed by atoms with E-state index in [2.05, 4.69) is 29.3 Å². The lowest BCUT2D eigenvalue weighted by Gasteiger charge is -2.23. The fourth-order valence-corrected chi connectivity index (χ4v) is 3.83. The summed E-state index contributed by atoms with van der Waals surface area (Å²) in [4.78, 5) is 0. The van der Waals surface area contributed by atoms with Crippen molar-refractivity contribution in [3.63, 3.8) is 0 Å². The first kappa shape index (κ1) is 17.8. The van der Waals surface area contributed by atoms with Gasteiger partial charge in [0.05, 0.1) is 23.2 Å². The van der Waals surface area contributed by atoms with Crippen molar-refractivity contribution in [2.75, 3.05) is 0 Å². The molecule has 0 saturated heterocycles. The van der Waals surface area contributed by atoms with Crippen LogP contribution >= 0.6 is 0 Å². The molecule has 140 valence electrons. The van der Waals surface area contributed by atoms with E-state index in [0.29, 0.717) is 22.6 Å². The number of allylic oxidation sites excluding steroid dienone is 1. The van der Waals surface area contributed by atoms with Gasteiger partial charge >= 0.3 is 0 Å². The smallest absolute Gasteiger partial charge is 0.141 e. The normalized spacial score (nSPS) is 16.0. The second kappa shape index (κ2) is 7.95. The number of aromatic nitrogens is 2. The maximum absolute atomic E-state index is 14.8. The highest BCUT2D eigenvalue weighted by Gasteiger charge is 2.15. The van der Waals surface area contributed by atoms with Gasteiger partial charge in [0.1, 0.15) is 11.6 Å². The monoisotopic (exact) mass is 364 g/mol. The molecule has 0 spiro atoms. The highest BCUT2D eigenvalue weighted by Crippen LogP contribution is 2.29. The molecular formula is C23H25FN2O. The van der Waals surface area contributed by atoms with Gasteiger partial charge in [-0.1, -0.05) is 25.5 Å². The summed E-state index contributed by atoms with van der Waals surface area (Å²) in [5.74, 6) is 0.673. The van der Waals surface area contributed by atoms with Crippen molar-refractivity contribution in [2.24, 2.45) is 0 Å². The van der Waals surface area contributed by atoms with Crippen LogP contribution in [0.15, 0.2) is 42.6 Å². The Balaban J connectivity index is 1.62. The Morgan fingerprint density at radius 1 is 1.22 bits per heavy atom. The molecule has 1 N–H and O–H groups in total. The minimum absolute atomic E-state index is 0.234. The highest BCUT2D eigenvalue weighted by molar-refractivity contribution is 5.87. The summed E-state index contributed by atoms with van der Waals surface area (Å²) in [6.45, 7) is 2.09. The summed E-state index contributed by atoms with van der Waals surface area (Å²) >= 11 is 0. The zero-order chi connectivity index (χ0) is 18.6. The van der Waals surface area contributed by atoms with Gasteiger partial charge in [0.15, 0.2) is 0 Å². The molecule has 4 rings (SSSR count). The molecule has 0 atom stereocenters. The highest BCUT2D eigenvalue weighted by atomic mass is 19.1. The summed E-state index contributed by atoms with van der Waals surface area (Å²) in [5.41, 5.74) is 3.47. The van der Waals surface area contributed by atoms with Crippen LogP contribution in [0.3, 0.4) is 0 Å². The molecular weight excluding hydrogens is 339 g/mol. The van der Waals surface area contributed by atoms with Crippen LogP contribution in [0.25, 0.3) is 22.6 Å². The molecule has 0 amide bonds. The molecule has 4 heteroatoms. The van der Waals surface area contributed by atoms with Crippen LogP contribution in [0.1, 0.15) is 56.6 Å². The molecule has 27 heavy (non-hydrogen) atoms. The zero-order valence-electron chi connectivity index (χ0n) is 15.7. The van der Waals surface area contributed by atoms with Gasteiger partial charge in [0.25, 0.3) is 0 Å². The summed E-state index contributed by atoms with van der Waals surface area (Å²) in [7, 11) is 0. The molecule has 1 aromatic heterocycles. The second-order valence-electron chi connectivity index (χ2n) is 7.23. The van der Waals surface area contributed by atoms with E-state index in [1.807, 2.05) is 24.3 Å². The molecule has 0 radical (unpaired) electrons. The molecule has 0 unspecified atom stereocenters. The predicted octanol–water partition coefficient (Wildman–Crippen LogP) is 6.36. The Morgan fingerprint density at radius 2 is 2.07 bits per heavy atom. The van der Waals surface area contributed by atoms with Crippen LogP contribution in [0.2, 0.25) is 0 Å². The van der Waals surface area contributed by atoms with E-state index >= 15 is 0 Å². The molecule has 3 aromatic rings. The van der Waals surface area contributed by atoms with E-state index in [4.69, 9.17) is 4.74 Å². The number of benzene rings is 2. The first-order valence-corrected chi connectivity index (χ1v) is 9.84. The number of rotatable bonds is 5. The number of nitrogens with zero attached hydrogens (tertiary/aromatic N) is 1. The van der Waals surface area contributed by atoms with Crippen molar-refractivity contribution in [2.45, 2.75) is 51.6 Å². The fourth-order valence-electron chi connectivity index (χ4n) is 3.83. The van der Waals surface area contributed by atoms with E-state index in [9.17, 15) is 4.39 Å². The van der Waals surface area contributed by atoms with Crippen molar-refractivity contribution in [1.82, 2.24) is 10.2 Å². The maximum Gasteiger partial charge on any atom is 0.141 e. The van der Waals surface area contributed by atoms with Crippen molar-refractivity contribution in [3.05, 3.63) is 59.5 Å². The van der Waals surface area contributed by atoms with Crippen LogP contribution < -0.4 is 4.74 Å². The Kier molecular flexibility index (Phi) is 5.23. The van der Waals surface area contributed by atoms with Crippen molar-refractivity contribution in [3.8, 4) is 5.75 Å². The predicted molar refractivity (Wildman–Crippen MR) is 108 cm³/mol. The average molecular weight is 364 g/mol. The number of hydrogen-bond donors (Lipinski definition) is 1. The van der Waals surface area contributed by atoms with E-state index in [1.54, 1.807) is 6.07 Å². The molecule has 1 aliphatic carbocycles. The lowest BCUT2D eigenvalue weighted by molar-refractivity contribution is 0.155. The average Bonchev–Trinajstić information content (AvgIpc) is 3.18. The van der Waals surface area contributed by atoms with Crippen molar-refractivity contribution in [1.29, 1.82) is 0 Å². The van der Waals surface area contributed by atoms with Crippen LogP contribution in [0.4, 0.5) is 4.39 Å². The number of ether oxygens (including phenoxy) is 1. The molecule has 0 aliphatic heterocycles. The standard InChI is InChI=1S/C23H25FN2O/c1-2-16(13-18-11-12-22-21(23(18)24)15-25-26-22)17-7-6-10-20(14-17)27-19-8-4-3-5-9-19/h6-7,10-15,19H,2-5,8-9H2,1H3,(H,25,26)/b16-13+. The number of hydrogen-bond acceptors (Lipinski definition) is 2. The number of aromatic amines is 1. The van der Waals surface area contributed by atoms with Crippen LogP contribution in [-0.4, -0.2) is 16.3 Å². The number of halogens is 1. The number of fused-ring (bicyclic) bond motifs is 1. The fraction of sp³-hybridized carbons (Fsp3) is 0.348. The van der Waals surface area contributed by atoms with Gasteiger partial charge in [-0.15, -0.1) is 0 Å². The minimum Gasteiger partial charge on any atom is -0.490 e. The SMILES string of the molecule is CC/C(=C\c1ccc2[nH]ncc2c1F)c1cccc(OC2CCCCC2)c1. The maximum atomic E-state index is 14.8. The first-order chi connectivity index (χ1) is 13.2. The second-order valence-corrected chi connectivity index (χ2v) is 7.23. The lowest BCUT2D eigenvalue weighted by Crippen LogP contribution is -2.19. The summed E-state index contributed by atoms with van der Waals surface area (Å²) in [5, 5.41) is 7.25. The number of nitrogens with one attached hydrogen (secondary N) is 1. The molecule has 1 fully saturated rings. The molecule has 1 heterocycles. The van der Waals surface area contributed by atoms with Crippen LogP contribution in [0, 0.1) is 5.82 Å². The Morgan fingerprint density at radius 3 is 2.89 bits per heavy atom. The third kappa shape index (κ3) is 3.90. The van der Waals surface area contributed by atoms with E-state index < -0.39 is 0 Å². The zero-order valence-corrected chi connectivity index (χ0v) is 15.7. The van der Waals surface area contributed by atoms with Gasteiger partial charge in [-0.2, -0.15) is 5.10 Å². The molecule has 2 aromatic carbocycles. The number of H-pyrrole nitrogens is 1. The Hall–Kier alpha value is -2.62. The van der Waals surface area contributed by atoms with E-state index in [-0.39, 0.29) is 5.82 Å². The Bertz CT molecular complexity index is 954. The van der Waals surface area contributed by atoms with Crippen LogP contribution in [-0.2, 0) is 0 Å². The molecule has 0 bridgehead atoms.